The molecular weight excluding hydrogens is 230 g/mol. The predicted octanol–water partition coefficient (Wildman–Crippen LogP) is 3.22. The van der Waals surface area contributed by atoms with E-state index >= 15 is 0 Å². The molecule has 0 aromatic carbocycles. The second-order valence-corrected chi connectivity index (χ2v) is 6.20. The van der Waals surface area contributed by atoms with Crippen LogP contribution in [0.1, 0.15) is 57.0 Å². The lowest BCUT2D eigenvalue weighted by molar-refractivity contribution is 0.641. The molecule has 0 aliphatic carbocycles. The van der Waals surface area contributed by atoms with E-state index in [1.807, 2.05) is 11.8 Å². The standard InChI is InChI=1S/C13H23N3S/c1-4-16-12(14)11(15-13(16)9(2)3)10-6-5-7-17-8-10/h9-10H,4-8,14H2,1-3H3. The highest BCUT2D eigenvalue weighted by atomic mass is 32.2. The van der Waals surface area contributed by atoms with Crippen LogP contribution in [-0.4, -0.2) is 21.1 Å². The number of imidazole rings is 1. The molecule has 96 valence electrons. The molecule has 1 aliphatic heterocycles. The Morgan fingerprint density at radius 2 is 2.29 bits per heavy atom. The van der Waals surface area contributed by atoms with Crippen LogP contribution in [0.2, 0.25) is 0 Å². The lowest BCUT2D eigenvalue weighted by Crippen LogP contribution is -2.11. The molecule has 1 atom stereocenters. The molecule has 0 saturated carbocycles. The van der Waals surface area contributed by atoms with Gasteiger partial charge in [-0.1, -0.05) is 13.8 Å². The first-order valence-electron chi connectivity index (χ1n) is 6.58. The molecule has 1 saturated heterocycles. The van der Waals surface area contributed by atoms with Crippen LogP contribution in [0.4, 0.5) is 5.82 Å². The molecule has 2 N–H and O–H groups in total. The van der Waals surface area contributed by atoms with Gasteiger partial charge in [-0.25, -0.2) is 4.98 Å². The van der Waals surface area contributed by atoms with Crippen LogP contribution >= 0.6 is 11.8 Å². The zero-order chi connectivity index (χ0) is 12.4. The Kier molecular flexibility index (Phi) is 4.02. The Morgan fingerprint density at radius 3 is 2.76 bits per heavy atom. The van der Waals surface area contributed by atoms with E-state index in [1.165, 1.54) is 24.3 Å². The molecule has 1 aromatic rings. The van der Waals surface area contributed by atoms with Crippen LogP contribution in [0.15, 0.2) is 0 Å². The third-order valence-electron chi connectivity index (χ3n) is 3.44. The van der Waals surface area contributed by atoms with Crippen molar-refractivity contribution < 1.29 is 0 Å². The van der Waals surface area contributed by atoms with Gasteiger partial charge in [0.05, 0.1) is 5.69 Å². The molecular formula is C13H23N3S. The number of nitrogens with two attached hydrogens (primary N) is 1. The fourth-order valence-corrected chi connectivity index (χ4v) is 3.68. The fraction of sp³-hybridized carbons (Fsp3) is 0.769. The minimum Gasteiger partial charge on any atom is -0.384 e. The summed E-state index contributed by atoms with van der Waals surface area (Å²) in [5.41, 5.74) is 7.43. The Balaban J connectivity index is 2.33. The van der Waals surface area contributed by atoms with E-state index in [4.69, 9.17) is 10.7 Å². The quantitative estimate of drug-likeness (QED) is 0.899. The average Bonchev–Trinajstić information content (AvgIpc) is 2.67. The molecule has 1 fully saturated rings. The maximum atomic E-state index is 6.27. The number of nitrogen functional groups attached to an aromatic ring is 1. The molecule has 17 heavy (non-hydrogen) atoms. The van der Waals surface area contributed by atoms with Crippen LogP contribution in [0.25, 0.3) is 0 Å². The molecule has 1 aromatic heterocycles. The van der Waals surface area contributed by atoms with Crippen molar-refractivity contribution in [3.8, 4) is 0 Å². The first kappa shape index (κ1) is 12.8. The summed E-state index contributed by atoms with van der Waals surface area (Å²) in [5, 5.41) is 0. The van der Waals surface area contributed by atoms with Crippen molar-refractivity contribution in [3.05, 3.63) is 11.5 Å². The maximum absolute atomic E-state index is 6.27. The molecule has 2 rings (SSSR count). The number of aromatic nitrogens is 2. The van der Waals surface area contributed by atoms with Gasteiger partial charge >= 0.3 is 0 Å². The average molecular weight is 253 g/mol. The normalized spacial score (nSPS) is 21.1. The molecule has 4 heteroatoms. The maximum Gasteiger partial charge on any atom is 0.127 e. The topological polar surface area (TPSA) is 43.8 Å². The first-order valence-corrected chi connectivity index (χ1v) is 7.74. The van der Waals surface area contributed by atoms with Crippen molar-refractivity contribution in [1.29, 1.82) is 0 Å². The molecule has 0 radical (unpaired) electrons. The summed E-state index contributed by atoms with van der Waals surface area (Å²) in [4.78, 5) is 4.83. The summed E-state index contributed by atoms with van der Waals surface area (Å²) in [6, 6.07) is 0. The predicted molar refractivity (Wildman–Crippen MR) is 75.7 cm³/mol. The zero-order valence-electron chi connectivity index (χ0n) is 11.1. The van der Waals surface area contributed by atoms with E-state index in [9.17, 15) is 0 Å². The van der Waals surface area contributed by atoms with Gasteiger partial charge < -0.3 is 10.3 Å². The summed E-state index contributed by atoms with van der Waals surface area (Å²) in [5.74, 6) is 5.55. The molecule has 1 aliphatic rings. The molecule has 0 spiro atoms. The molecule has 0 amide bonds. The van der Waals surface area contributed by atoms with Gasteiger partial charge in [-0.05, 0) is 25.5 Å². The summed E-state index contributed by atoms with van der Waals surface area (Å²) >= 11 is 2.03. The molecule has 1 unspecified atom stereocenters. The fourth-order valence-electron chi connectivity index (χ4n) is 2.53. The van der Waals surface area contributed by atoms with Crippen molar-refractivity contribution >= 4 is 17.6 Å². The summed E-state index contributed by atoms with van der Waals surface area (Å²) in [6.45, 7) is 7.44. The van der Waals surface area contributed by atoms with Gasteiger partial charge in [-0.2, -0.15) is 11.8 Å². The van der Waals surface area contributed by atoms with Crippen molar-refractivity contribution in [2.45, 2.75) is 52.0 Å². The third-order valence-corrected chi connectivity index (χ3v) is 4.66. The third kappa shape index (κ3) is 2.46. The Bertz CT molecular complexity index is 378. The second kappa shape index (κ2) is 5.34. The number of nitrogens with zero attached hydrogens (tertiary/aromatic N) is 2. The SMILES string of the molecule is CCn1c(C(C)C)nc(C2CCCSC2)c1N. The Morgan fingerprint density at radius 1 is 1.53 bits per heavy atom. The highest BCUT2D eigenvalue weighted by Crippen LogP contribution is 2.35. The summed E-state index contributed by atoms with van der Waals surface area (Å²) in [7, 11) is 0. The van der Waals surface area contributed by atoms with Gasteiger partial charge in [0.1, 0.15) is 11.6 Å². The summed E-state index contributed by atoms with van der Waals surface area (Å²) in [6.07, 6.45) is 2.54. The van der Waals surface area contributed by atoms with Crippen LogP contribution in [0, 0.1) is 0 Å². The van der Waals surface area contributed by atoms with Gasteiger partial charge in [0, 0.05) is 24.1 Å². The van der Waals surface area contributed by atoms with Crippen LogP contribution in [0.5, 0.6) is 0 Å². The van der Waals surface area contributed by atoms with Gasteiger partial charge in [-0.3, -0.25) is 0 Å². The van der Waals surface area contributed by atoms with Gasteiger partial charge in [0.25, 0.3) is 0 Å². The van der Waals surface area contributed by atoms with Crippen molar-refractivity contribution in [2.24, 2.45) is 0 Å². The minimum atomic E-state index is 0.447. The smallest absolute Gasteiger partial charge is 0.127 e. The number of rotatable bonds is 3. The van der Waals surface area contributed by atoms with Crippen LogP contribution in [0.3, 0.4) is 0 Å². The first-order chi connectivity index (χ1) is 8.15. The largest absolute Gasteiger partial charge is 0.384 e. The highest BCUT2D eigenvalue weighted by Gasteiger charge is 2.24. The monoisotopic (exact) mass is 253 g/mol. The molecule has 3 nitrogen and oxygen atoms in total. The van der Waals surface area contributed by atoms with Crippen LogP contribution in [-0.2, 0) is 6.54 Å². The van der Waals surface area contributed by atoms with E-state index in [-0.39, 0.29) is 0 Å². The lowest BCUT2D eigenvalue weighted by atomic mass is 10.0. The van der Waals surface area contributed by atoms with E-state index in [0.717, 1.165) is 23.9 Å². The number of hydrogen-bond donors (Lipinski definition) is 1. The van der Waals surface area contributed by atoms with E-state index in [1.54, 1.807) is 0 Å². The Hall–Kier alpha value is -0.640. The van der Waals surface area contributed by atoms with Crippen molar-refractivity contribution in [3.63, 3.8) is 0 Å². The van der Waals surface area contributed by atoms with Gasteiger partial charge in [0.15, 0.2) is 0 Å². The second-order valence-electron chi connectivity index (χ2n) is 5.05. The molecule has 2 heterocycles. The van der Waals surface area contributed by atoms with E-state index < -0.39 is 0 Å². The lowest BCUT2D eigenvalue weighted by Gasteiger charge is -2.20. The Labute approximate surface area is 108 Å². The minimum absolute atomic E-state index is 0.447. The van der Waals surface area contributed by atoms with Crippen molar-refractivity contribution in [1.82, 2.24) is 9.55 Å². The van der Waals surface area contributed by atoms with E-state index in [2.05, 4.69) is 25.3 Å². The number of anilines is 1. The number of hydrogen-bond acceptors (Lipinski definition) is 3. The number of thioether (sulfide) groups is 1. The highest BCUT2D eigenvalue weighted by molar-refractivity contribution is 7.99. The van der Waals surface area contributed by atoms with E-state index in [0.29, 0.717) is 11.8 Å². The van der Waals surface area contributed by atoms with Gasteiger partial charge in [-0.15, -0.1) is 0 Å². The van der Waals surface area contributed by atoms with Crippen LogP contribution < -0.4 is 5.73 Å². The van der Waals surface area contributed by atoms with Crippen molar-refractivity contribution in [2.75, 3.05) is 17.2 Å². The molecule has 0 bridgehead atoms. The summed E-state index contributed by atoms with van der Waals surface area (Å²) < 4.78 is 2.18. The van der Waals surface area contributed by atoms with Gasteiger partial charge in [0.2, 0.25) is 0 Å². The zero-order valence-corrected chi connectivity index (χ0v) is 11.9.